The molecule has 41 heavy (non-hydrogen) atoms. The Morgan fingerprint density at radius 1 is 1.05 bits per heavy atom. The van der Waals surface area contributed by atoms with E-state index in [9.17, 15) is 14.0 Å². The highest BCUT2D eigenvalue weighted by molar-refractivity contribution is 7.98. The van der Waals surface area contributed by atoms with Gasteiger partial charge in [0, 0.05) is 41.2 Å². The molecule has 2 atom stereocenters. The highest BCUT2D eigenvalue weighted by Crippen LogP contribution is 2.44. The van der Waals surface area contributed by atoms with E-state index in [4.69, 9.17) is 14.5 Å². The van der Waals surface area contributed by atoms with Gasteiger partial charge in [-0.1, -0.05) is 36.4 Å². The Kier molecular flexibility index (Phi) is 6.47. The van der Waals surface area contributed by atoms with Crippen molar-refractivity contribution in [1.29, 1.82) is 0 Å². The summed E-state index contributed by atoms with van der Waals surface area (Å²) in [4.78, 5) is 34.3. The number of amides is 1. The summed E-state index contributed by atoms with van der Waals surface area (Å²) in [6.45, 7) is 0.856. The third-order valence-electron chi connectivity index (χ3n) is 7.60. The summed E-state index contributed by atoms with van der Waals surface area (Å²) < 4.78 is 43.3. The highest BCUT2D eigenvalue weighted by Gasteiger charge is 2.46. The summed E-state index contributed by atoms with van der Waals surface area (Å²) in [7, 11) is 0. The molecule has 5 heterocycles. The second kappa shape index (κ2) is 10.3. The first-order valence-electron chi connectivity index (χ1n) is 13.2. The summed E-state index contributed by atoms with van der Waals surface area (Å²) >= 11 is 1.37. The third-order valence-corrected chi connectivity index (χ3v) is 8.69. The Hall–Kier alpha value is -4.22. The summed E-state index contributed by atoms with van der Waals surface area (Å²) in [6, 6.07) is 16.3. The van der Waals surface area contributed by atoms with Gasteiger partial charge in [0.05, 0.1) is 18.9 Å². The number of carbonyl (C=O) groups is 1. The first-order valence-corrected chi connectivity index (χ1v) is 14.2. The van der Waals surface area contributed by atoms with Gasteiger partial charge in [0.25, 0.3) is 5.91 Å². The number of ether oxygens (including phenoxy) is 2. The molecule has 1 fully saturated rings. The van der Waals surface area contributed by atoms with Crippen molar-refractivity contribution in [2.24, 2.45) is 0 Å². The van der Waals surface area contributed by atoms with Gasteiger partial charge in [-0.2, -0.15) is 0 Å². The molecular formula is C30H24F2N4O4S. The van der Waals surface area contributed by atoms with Crippen LogP contribution in [0.25, 0.3) is 0 Å². The van der Waals surface area contributed by atoms with E-state index in [1.165, 1.54) is 24.0 Å². The molecule has 0 aliphatic carbocycles. The molecule has 0 unspecified atom stereocenters. The molecule has 1 amide bonds. The molecule has 8 nitrogen and oxygen atoms in total. The number of aromatic nitrogens is 2. The fraction of sp³-hybridized carbons (Fsp3) is 0.233. The average Bonchev–Trinajstić information content (AvgIpc) is 3.17. The van der Waals surface area contributed by atoms with Gasteiger partial charge in [0.1, 0.15) is 18.8 Å². The van der Waals surface area contributed by atoms with Crippen LogP contribution in [0.4, 0.5) is 8.78 Å². The molecule has 1 saturated heterocycles. The van der Waals surface area contributed by atoms with Crippen LogP contribution in [0.3, 0.4) is 0 Å². The lowest BCUT2D eigenvalue weighted by Crippen LogP contribution is -2.66. The summed E-state index contributed by atoms with van der Waals surface area (Å²) in [6.07, 6.45) is 2.57. The van der Waals surface area contributed by atoms with E-state index in [0.29, 0.717) is 17.9 Å². The van der Waals surface area contributed by atoms with Gasteiger partial charge in [-0.15, -0.1) is 11.8 Å². The Morgan fingerprint density at radius 3 is 2.76 bits per heavy atom. The number of rotatable bonds is 4. The first kappa shape index (κ1) is 25.7. The van der Waals surface area contributed by atoms with E-state index in [1.807, 2.05) is 41.4 Å². The number of morpholine rings is 1. The molecule has 0 bridgehead atoms. The predicted molar refractivity (Wildman–Crippen MR) is 147 cm³/mol. The van der Waals surface area contributed by atoms with Crippen LogP contribution in [0.1, 0.15) is 38.9 Å². The van der Waals surface area contributed by atoms with Crippen molar-refractivity contribution < 1.29 is 23.0 Å². The average molecular weight is 575 g/mol. The molecule has 7 rings (SSSR count). The molecule has 4 aromatic rings. The van der Waals surface area contributed by atoms with Gasteiger partial charge in [-0.3, -0.25) is 24.3 Å². The third kappa shape index (κ3) is 4.27. The maximum atomic E-state index is 15.3. The molecule has 2 aromatic heterocycles. The molecule has 208 valence electrons. The minimum absolute atomic E-state index is 0.0603. The minimum atomic E-state index is -0.931. The van der Waals surface area contributed by atoms with Crippen molar-refractivity contribution in [3.05, 3.63) is 123 Å². The van der Waals surface area contributed by atoms with Crippen LogP contribution in [0.5, 0.6) is 5.75 Å². The zero-order chi connectivity index (χ0) is 28.1. The van der Waals surface area contributed by atoms with E-state index in [-0.39, 0.29) is 48.4 Å². The van der Waals surface area contributed by atoms with Gasteiger partial charge < -0.3 is 14.4 Å². The van der Waals surface area contributed by atoms with E-state index >= 15 is 4.39 Å². The lowest BCUT2D eigenvalue weighted by Gasteiger charge is -2.51. The first-order chi connectivity index (χ1) is 20.0. The number of pyridine rings is 2. The summed E-state index contributed by atoms with van der Waals surface area (Å²) in [5.41, 5.74) is 1.83. The molecule has 0 N–H and O–H groups in total. The molecule has 3 aliphatic heterocycles. The predicted octanol–water partition coefficient (Wildman–Crippen LogP) is 4.25. The quantitative estimate of drug-likeness (QED) is 0.361. The minimum Gasteiger partial charge on any atom is -0.482 e. The van der Waals surface area contributed by atoms with Crippen molar-refractivity contribution in [3.63, 3.8) is 0 Å². The van der Waals surface area contributed by atoms with Crippen LogP contribution < -0.4 is 15.2 Å². The standard InChI is InChI=1S/C30H24F2N4O4S/c31-21-9-8-19-20(25(21)32)17-41-23-7-4-11-33-26(23)27(19)36-24-16-39-14-13-34(24)30(38)28-29(22(37)10-12-35(28)36)40-15-18-5-2-1-3-6-18/h1-12,24,27H,13-17H2/t24-,27-/m1/s1. The van der Waals surface area contributed by atoms with E-state index in [2.05, 4.69) is 0 Å². The van der Waals surface area contributed by atoms with Gasteiger partial charge in [-0.05, 0) is 29.3 Å². The number of benzene rings is 2. The number of hydrogen-bond acceptors (Lipinski definition) is 7. The van der Waals surface area contributed by atoms with Gasteiger partial charge in [-0.25, -0.2) is 8.78 Å². The van der Waals surface area contributed by atoms with Crippen LogP contribution in [-0.2, 0) is 17.1 Å². The van der Waals surface area contributed by atoms with Crippen LogP contribution in [0.15, 0.2) is 82.7 Å². The van der Waals surface area contributed by atoms with Crippen molar-refractivity contribution >= 4 is 17.7 Å². The van der Waals surface area contributed by atoms with Crippen molar-refractivity contribution in [1.82, 2.24) is 14.6 Å². The summed E-state index contributed by atoms with van der Waals surface area (Å²) in [5, 5.41) is 1.87. The van der Waals surface area contributed by atoms with Crippen LogP contribution in [0.2, 0.25) is 0 Å². The number of halogens is 2. The second-order valence-corrected chi connectivity index (χ2v) is 10.9. The molecule has 11 heteroatoms. The largest absolute Gasteiger partial charge is 0.482 e. The molecule has 0 radical (unpaired) electrons. The zero-order valence-corrected chi connectivity index (χ0v) is 22.5. The fourth-order valence-electron chi connectivity index (χ4n) is 5.69. The van der Waals surface area contributed by atoms with Crippen molar-refractivity contribution in [2.75, 3.05) is 24.8 Å². The molecule has 0 spiro atoms. The van der Waals surface area contributed by atoms with Gasteiger partial charge >= 0.3 is 0 Å². The molecule has 3 aliphatic rings. The molecule has 0 saturated carbocycles. The maximum Gasteiger partial charge on any atom is 0.278 e. The van der Waals surface area contributed by atoms with Crippen LogP contribution in [-0.4, -0.2) is 46.4 Å². The van der Waals surface area contributed by atoms with E-state index in [1.54, 1.807) is 27.9 Å². The van der Waals surface area contributed by atoms with Crippen molar-refractivity contribution in [2.45, 2.75) is 29.5 Å². The van der Waals surface area contributed by atoms with Gasteiger partial charge in [0.2, 0.25) is 5.43 Å². The Labute approximate surface area is 238 Å². The lowest BCUT2D eigenvalue weighted by atomic mass is 9.96. The SMILES string of the molecule is O=C1c2c(OCc3ccccc3)c(=O)ccn2N([C@@H]2c3ccc(F)c(F)c3CSc3cccnc32)[C@@H]2COCCN12. The van der Waals surface area contributed by atoms with Crippen LogP contribution in [0, 0.1) is 11.6 Å². The topological polar surface area (TPSA) is 76.9 Å². The maximum absolute atomic E-state index is 15.3. The molecular weight excluding hydrogens is 550 g/mol. The van der Waals surface area contributed by atoms with E-state index in [0.717, 1.165) is 16.5 Å². The fourth-order valence-corrected chi connectivity index (χ4v) is 6.77. The number of nitrogens with zero attached hydrogens (tertiary/aromatic N) is 4. The number of thioether (sulfide) groups is 1. The van der Waals surface area contributed by atoms with Crippen LogP contribution >= 0.6 is 11.8 Å². The zero-order valence-electron chi connectivity index (χ0n) is 21.7. The normalized spacial score (nSPS) is 19.5. The van der Waals surface area contributed by atoms with Gasteiger partial charge in [0.15, 0.2) is 23.1 Å². The smallest absolute Gasteiger partial charge is 0.278 e. The Balaban J connectivity index is 1.45. The summed E-state index contributed by atoms with van der Waals surface area (Å²) in [5.74, 6) is -2.09. The number of carbonyl (C=O) groups excluding carboxylic acids is 1. The Morgan fingerprint density at radius 2 is 1.90 bits per heavy atom. The monoisotopic (exact) mass is 574 g/mol. The van der Waals surface area contributed by atoms with Crippen molar-refractivity contribution in [3.8, 4) is 5.75 Å². The second-order valence-electron chi connectivity index (χ2n) is 9.92. The Bertz CT molecular complexity index is 1720. The van der Waals surface area contributed by atoms with E-state index < -0.39 is 29.3 Å². The molecule has 2 aromatic carbocycles. The number of hydrogen-bond donors (Lipinski definition) is 0. The number of fused-ring (bicyclic) bond motifs is 4. The highest BCUT2D eigenvalue weighted by atomic mass is 32.2. The lowest BCUT2D eigenvalue weighted by molar-refractivity contribution is -0.0200.